The molecule has 198 valence electrons. The number of hydrogen-bond donors (Lipinski definition) is 0. The minimum absolute atomic E-state index is 0.0406. The Morgan fingerprint density at radius 1 is 1.14 bits per heavy atom. The molecule has 6 nitrogen and oxygen atoms in total. The zero-order valence-corrected chi connectivity index (χ0v) is 23.4. The van der Waals surface area contributed by atoms with E-state index in [0.717, 1.165) is 0 Å². The summed E-state index contributed by atoms with van der Waals surface area (Å²) in [6.07, 6.45) is 2.81. The second-order valence-electron chi connectivity index (χ2n) is 11.3. The molecule has 1 heterocycles. The number of fused-ring (bicyclic) bond motifs is 1. The largest absolute Gasteiger partial charge is 0.463 e. The lowest BCUT2D eigenvalue weighted by molar-refractivity contribution is -0.137. The van der Waals surface area contributed by atoms with Gasteiger partial charge in [0.15, 0.2) is 0 Å². The number of sulfonamides is 1. The molecule has 0 atom stereocenters. The summed E-state index contributed by atoms with van der Waals surface area (Å²) in [5, 5.41) is 10.4. The van der Waals surface area contributed by atoms with Gasteiger partial charge in [-0.25, -0.2) is 17.6 Å². The van der Waals surface area contributed by atoms with E-state index < -0.39 is 38.1 Å². The van der Waals surface area contributed by atoms with Crippen molar-refractivity contribution in [3.05, 3.63) is 65.0 Å². The second-order valence-corrected chi connectivity index (χ2v) is 13.2. The van der Waals surface area contributed by atoms with E-state index >= 15 is 0 Å². The Morgan fingerprint density at radius 2 is 1.78 bits per heavy atom. The highest BCUT2D eigenvalue weighted by atomic mass is 32.2. The van der Waals surface area contributed by atoms with Gasteiger partial charge in [-0.05, 0) is 65.6 Å². The van der Waals surface area contributed by atoms with Crippen LogP contribution in [-0.4, -0.2) is 27.5 Å². The molecule has 0 saturated heterocycles. The highest BCUT2D eigenvalue weighted by molar-refractivity contribution is 7.92. The van der Waals surface area contributed by atoms with Gasteiger partial charge in [0.2, 0.25) is 0 Å². The number of carbonyl (C=O) groups excluding carboxylic acids is 1. The van der Waals surface area contributed by atoms with E-state index in [9.17, 15) is 22.9 Å². The lowest BCUT2D eigenvalue weighted by Gasteiger charge is -2.49. The maximum Gasteiger partial charge on any atom is 0.330 e. The Labute approximate surface area is 219 Å². The van der Waals surface area contributed by atoms with Gasteiger partial charge in [-0.15, -0.1) is 0 Å². The van der Waals surface area contributed by atoms with Crippen molar-refractivity contribution in [1.82, 2.24) is 0 Å². The van der Waals surface area contributed by atoms with Crippen molar-refractivity contribution in [1.29, 1.82) is 5.26 Å². The third kappa shape index (κ3) is 5.02. The Morgan fingerprint density at radius 3 is 2.35 bits per heavy atom. The first-order valence-corrected chi connectivity index (χ1v) is 13.8. The summed E-state index contributed by atoms with van der Waals surface area (Å²) in [7, 11) is -4.07. The number of ether oxygens (including phenoxy) is 1. The number of benzene rings is 2. The van der Waals surface area contributed by atoms with Crippen molar-refractivity contribution in [2.75, 3.05) is 17.5 Å². The zero-order chi connectivity index (χ0) is 27.8. The van der Waals surface area contributed by atoms with E-state index in [-0.39, 0.29) is 30.2 Å². The van der Waals surface area contributed by atoms with Gasteiger partial charge in [0.25, 0.3) is 10.0 Å². The van der Waals surface area contributed by atoms with Crippen LogP contribution in [0.15, 0.2) is 47.4 Å². The van der Waals surface area contributed by atoms with Crippen LogP contribution in [0.1, 0.15) is 65.2 Å². The number of esters is 1. The molecule has 2 aromatic rings. The van der Waals surface area contributed by atoms with Crippen LogP contribution < -0.4 is 4.31 Å². The van der Waals surface area contributed by atoms with Crippen LogP contribution in [0, 0.1) is 28.0 Å². The molecule has 2 aromatic carbocycles. The number of anilines is 1. The van der Waals surface area contributed by atoms with E-state index in [1.807, 2.05) is 41.5 Å². The van der Waals surface area contributed by atoms with Gasteiger partial charge in [-0.1, -0.05) is 53.7 Å². The third-order valence-corrected chi connectivity index (χ3v) is 8.81. The molecule has 0 fully saturated rings. The molecule has 0 spiro atoms. The molecule has 1 aliphatic rings. The predicted molar refractivity (Wildman–Crippen MR) is 143 cm³/mol. The molecule has 0 aromatic heterocycles. The number of hydrogen-bond acceptors (Lipinski definition) is 5. The van der Waals surface area contributed by atoms with Crippen LogP contribution in [0.25, 0.3) is 6.08 Å². The van der Waals surface area contributed by atoms with Crippen LogP contribution in [0.5, 0.6) is 0 Å². The molecule has 0 N–H and O–H groups in total. The number of rotatable bonds is 6. The molecule has 3 rings (SSSR count). The van der Waals surface area contributed by atoms with E-state index in [1.165, 1.54) is 28.6 Å². The van der Waals surface area contributed by atoms with Gasteiger partial charge in [0.1, 0.15) is 5.82 Å². The quantitative estimate of drug-likeness (QED) is 0.340. The van der Waals surface area contributed by atoms with Crippen LogP contribution in [0.4, 0.5) is 10.1 Å². The van der Waals surface area contributed by atoms with Gasteiger partial charge in [0.05, 0.1) is 28.7 Å². The summed E-state index contributed by atoms with van der Waals surface area (Å²) < 4.78 is 48.7. The minimum atomic E-state index is -4.07. The van der Waals surface area contributed by atoms with Crippen LogP contribution >= 0.6 is 0 Å². The minimum Gasteiger partial charge on any atom is -0.463 e. The lowest BCUT2D eigenvalue weighted by Crippen LogP contribution is -2.49. The maximum absolute atomic E-state index is 14.9. The van der Waals surface area contributed by atoms with E-state index in [2.05, 4.69) is 6.07 Å². The maximum atomic E-state index is 14.9. The summed E-state index contributed by atoms with van der Waals surface area (Å²) in [5.74, 6) is -1.10. The average molecular weight is 527 g/mol. The summed E-state index contributed by atoms with van der Waals surface area (Å²) in [6.45, 7) is 13.9. The second kappa shape index (κ2) is 9.94. The molecular formula is C29H35FN2O4S. The van der Waals surface area contributed by atoms with Crippen molar-refractivity contribution in [3.8, 4) is 6.07 Å². The molecule has 0 unspecified atom stereocenters. The first-order valence-electron chi connectivity index (χ1n) is 12.3. The monoisotopic (exact) mass is 526 g/mol. The third-order valence-electron chi connectivity index (χ3n) is 7.00. The number of halogens is 1. The zero-order valence-electron chi connectivity index (χ0n) is 22.6. The Kier molecular flexibility index (Phi) is 7.63. The molecule has 8 heteroatoms. The normalized spacial score (nSPS) is 14.5. The molecular weight excluding hydrogens is 491 g/mol. The molecule has 0 radical (unpaired) electrons. The smallest absolute Gasteiger partial charge is 0.330 e. The summed E-state index contributed by atoms with van der Waals surface area (Å²) in [6, 6.07) is 11.9. The van der Waals surface area contributed by atoms with Gasteiger partial charge < -0.3 is 4.74 Å². The van der Waals surface area contributed by atoms with E-state index in [1.54, 1.807) is 31.2 Å². The van der Waals surface area contributed by atoms with Gasteiger partial charge in [0, 0.05) is 18.2 Å². The van der Waals surface area contributed by atoms with Crippen molar-refractivity contribution < 1.29 is 22.3 Å². The first kappa shape index (κ1) is 28.4. The lowest BCUT2D eigenvalue weighted by atomic mass is 9.52. The summed E-state index contributed by atoms with van der Waals surface area (Å²) in [5.41, 5.74) is -0.448. The van der Waals surface area contributed by atoms with E-state index in [4.69, 9.17) is 4.74 Å². The molecule has 0 amide bonds. The van der Waals surface area contributed by atoms with Crippen molar-refractivity contribution in [2.24, 2.45) is 10.8 Å². The highest BCUT2D eigenvalue weighted by Gasteiger charge is 2.52. The fraction of sp³-hybridized carbons (Fsp3) is 0.448. The highest BCUT2D eigenvalue weighted by Crippen LogP contribution is 2.53. The molecule has 0 bridgehead atoms. The van der Waals surface area contributed by atoms with Gasteiger partial charge in [-0.3, -0.25) is 4.31 Å². The van der Waals surface area contributed by atoms with Crippen molar-refractivity contribution >= 4 is 27.8 Å². The number of nitriles is 1. The molecule has 0 saturated carbocycles. The molecule has 1 aliphatic heterocycles. The number of nitrogens with zero attached hydrogens (tertiary/aromatic N) is 2. The predicted octanol–water partition coefficient (Wildman–Crippen LogP) is 6.01. The Bertz CT molecular complexity index is 1360. The van der Waals surface area contributed by atoms with Crippen molar-refractivity contribution in [3.63, 3.8) is 0 Å². The Hall–Kier alpha value is -3.18. The summed E-state index contributed by atoms with van der Waals surface area (Å²) in [4.78, 5) is 11.7. The molecule has 37 heavy (non-hydrogen) atoms. The topological polar surface area (TPSA) is 87.5 Å². The summed E-state index contributed by atoms with van der Waals surface area (Å²) >= 11 is 0. The average Bonchev–Trinajstić information content (AvgIpc) is 3.22. The standard InChI is InChI=1S/C29H35FN2O4S/c1-8-36-26(33)13-12-20-16-24(30)23-14-15-32(25(23)17-20)37(34,35)22-11-9-10-21(18-22)29(19-31,27(2,3)4)28(5,6)7/h9-13,16-18H,8,14-15H2,1-7H3/b13-12+. The van der Waals surface area contributed by atoms with Crippen LogP contribution in [0.3, 0.4) is 0 Å². The van der Waals surface area contributed by atoms with E-state index in [0.29, 0.717) is 16.7 Å². The first-order chi connectivity index (χ1) is 17.1. The SMILES string of the molecule is CCOC(=O)/C=C/c1cc(F)c2c(c1)N(S(=O)(=O)c1cccc(C(C#N)(C(C)(C)C)C(C)(C)C)c1)CC2. The molecule has 0 aliphatic carbocycles. The van der Waals surface area contributed by atoms with Crippen LogP contribution in [-0.2, 0) is 31.4 Å². The fourth-order valence-electron chi connectivity index (χ4n) is 5.55. The van der Waals surface area contributed by atoms with Crippen LogP contribution in [0.2, 0.25) is 0 Å². The van der Waals surface area contributed by atoms with Gasteiger partial charge in [-0.2, -0.15) is 5.26 Å². The fourth-order valence-corrected chi connectivity index (χ4v) is 7.09. The number of carbonyl (C=O) groups is 1. The van der Waals surface area contributed by atoms with Crippen molar-refractivity contribution in [2.45, 2.75) is 65.2 Å². The van der Waals surface area contributed by atoms with Gasteiger partial charge >= 0.3 is 5.97 Å². The Balaban J connectivity index is 2.11.